The molecule has 0 atom stereocenters. The van der Waals surface area contributed by atoms with Crippen molar-refractivity contribution in [1.29, 1.82) is 0 Å². The lowest BCUT2D eigenvalue weighted by Gasteiger charge is -2.01. The van der Waals surface area contributed by atoms with E-state index < -0.39 is 7.32 Å². The van der Waals surface area contributed by atoms with Gasteiger partial charge in [-0.15, -0.1) is 9.94 Å². The highest BCUT2D eigenvalue weighted by Gasteiger charge is 2.12. The molecule has 0 aliphatic carbocycles. The summed E-state index contributed by atoms with van der Waals surface area (Å²) in [6, 6.07) is 11.2. The van der Waals surface area contributed by atoms with Gasteiger partial charge in [0.2, 0.25) is 0 Å². The minimum absolute atomic E-state index is 0.705. The van der Waals surface area contributed by atoms with Gasteiger partial charge in [0.05, 0.1) is 11.9 Å². The number of nitrogens with zero attached hydrogens (tertiary/aromatic N) is 2. The first-order valence-corrected chi connectivity index (χ1v) is 4.40. The second-order valence-electron chi connectivity index (χ2n) is 2.90. The average Bonchev–Trinajstić information content (AvgIpc) is 2.67. The van der Waals surface area contributed by atoms with E-state index in [9.17, 15) is 0 Å². The van der Waals surface area contributed by atoms with Crippen molar-refractivity contribution in [2.45, 2.75) is 0 Å². The molecule has 2 aromatic rings. The third-order valence-corrected chi connectivity index (χ3v) is 1.84. The Morgan fingerprint density at radius 2 is 1.87 bits per heavy atom. The van der Waals surface area contributed by atoms with Crippen molar-refractivity contribution in [3.63, 3.8) is 0 Å². The average molecular weight is 204 g/mol. The van der Waals surface area contributed by atoms with E-state index >= 15 is 0 Å². The molecule has 2 rings (SSSR count). The predicted octanol–water partition coefficient (Wildman–Crippen LogP) is -0.0518. The minimum atomic E-state index is -1.87. The molecule has 0 fully saturated rings. The molecule has 5 nitrogen and oxygen atoms in total. The van der Waals surface area contributed by atoms with E-state index in [4.69, 9.17) is 10.0 Å². The molecule has 0 aliphatic heterocycles. The van der Waals surface area contributed by atoms with Gasteiger partial charge < -0.3 is 14.8 Å². The molecule has 1 aromatic heterocycles. The predicted molar refractivity (Wildman–Crippen MR) is 54.4 cm³/mol. The second kappa shape index (κ2) is 4.16. The van der Waals surface area contributed by atoms with Crippen molar-refractivity contribution in [2.24, 2.45) is 0 Å². The maximum Gasteiger partial charge on any atom is 0.729 e. The lowest BCUT2D eigenvalue weighted by Crippen LogP contribution is -2.29. The van der Waals surface area contributed by atoms with Crippen LogP contribution in [0.1, 0.15) is 0 Å². The molecule has 0 saturated carbocycles. The largest absolute Gasteiger partial charge is 0.729 e. The zero-order valence-electron chi connectivity index (χ0n) is 7.82. The fraction of sp³-hybridized carbons (Fsp3) is 0. The minimum Gasteiger partial charge on any atom is -0.405 e. The number of benzene rings is 1. The van der Waals surface area contributed by atoms with Gasteiger partial charge in [-0.1, -0.05) is 30.3 Å². The Labute approximate surface area is 86.7 Å². The van der Waals surface area contributed by atoms with E-state index in [0.29, 0.717) is 5.69 Å². The van der Waals surface area contributed by atoms with Crippen LogP contribution in [0.15, 0.2) is 42.6 Å². The van der Waals surface area contributed by atoms with Crippen LogP contribution in [0, 0.1) is 0 Å². The van der Waals surface area contributed by atoms with Gasteiger partial charge in [0.25, 0.3) is 0 Å². The maximum absolute atomic E-state index is 8.56. The number of aromatic nitrogens is 2. The lowest BCUT2D eigenvalue weighted by molar-refractivity contribution is 0.141. The summed E-state index contributed by atoms with van der Waals surface area (Å²) in [4.78, 5) is 1.01. The quantitative estimate of drug-likeness (QED) is 0.687. The van der Waals surface area contributed by atoms with Crippen molar-refractivity contribution in [2.75, 3.05) is 0 Å². The highest BCUT2D eigenvalue weighted by atomic mass is 16.7. The first kappa shape index (κ1) is 9.76. The van der Waals surface area contributed by atoms with Gasteiger partial charge in [-0.25, -0.2) is 0 Å². The molecule has 0 aliphatic rings. The van der Waals surface area contributed by atoms with Gasteiger partial charge in [0.1, 0.15) is 0 Å². The number of hydrogen-bond acceptors (Lipinski definition) is 4. The maximum atomic E-state index is 8.56. The van der Waals surface area contributed by atoms with Crippen LogP contribution < -0.4 is 4.76 Å². The summed E-state index contributed by atoms with van der Waals surface area (Å²) < 4.78 is 4.53. The third kappa shape index (κ3) is 2.36. The molecule has 2 N–H and O–H groups in total. The molecule has 15 heavy (non-hydrogen) atoms. The van der Waals surface area contributed by atoms with Crippen LogP contribution >= 0.6 is 0 Å². The van der Waals surface area contributed by atoms with E-state index in [1.165, 1.54) is 6.20 Å². The highest BCUT2D eigenvalue weighted by Crippen LogP contribution is 2.15. The Hall–Kier alpha value is -1.79. The first-order chi connectivity index (χ1) is 7.25. The normalized spacial score (nSPS) is 10.0. The summed E-state index contributed by atoms with van der Waals surface area (Å²) in [5, 5.41) is 21.1. The van der Waals surface area contributed by atoms with Crippen LogP contribution in [0.2, 0.25) is 0 Å². The van der Waals surface area contributed by atoms with E-state index in [1.807, 2.05) is 30.3 Å². The van der Waals surface area contributed by atoms with Gasteiger partial charge in [-0.05, 0) is 6.07 Å². The van der Waals surface area contributed by atoms with Gasteiger partial charge >= 0.3 is 7.32 Å². The SMILES string of the molecule is OB(O)On1ccc(-c2ccccc2)n1. The number of rotatable bonds is 3. The van der Waals surface area contributed by atoms with Crippen LogP contribution in [0.4, 0.5) is 0 Å². The Kier molecular flexibility index (Phi) is 2.71. The monoisotopic (exact) mass is 204 g/mol. The molecule has 1 heterocycles. The fourth-order valence-corrected chi connectivity index (χ4v) is 1.23. The molecule has 1 aromatic carbocycles. The van der Waals surface area contributed by atoms with Crippen LogP contribution in [0.5, 0.6) is 0 Å². The van der Waals surface area contributed by atoms with Crippen molar-refractivity contribution in [1.82, 2.24) is 9.94 Å². The molecule has 76 valence electrons. The molecule has 0 spiro atoms. The Balaban J connectivity index is 2.21. The van der Waals surface area contributed by atoms with E-state index in [2.05, 4.69) is 9.85 Å². The van der Waals surface area contributed by atoms with Gasteiger partial charge in [0, 0.05) is 5.56 Å². The van der Waals surface area contributed by atoms with E-state index in [1.54, 1.807) is 6.07 Å². The van der Waals surface area contributed by atoms with Crippen LogP contribution in [0.3, 0.4) is 0 Å². The summed E-state index contributed by atoms with van der Waals surface area (Å²) in [7, 11) is -1.87. The molecule has 6 heteroatoms. The smallest absolute Gasteiger partial charge is 0.405 e. The van der Waals surface area contributed by atoms with Crippen molar-refractivity contribution in [3.8, 4) is 11.3 Å². The van der Waals surface area contributed by atoms with Crippen LogP contribution in [-0.4, -0.2) is 27.3 Å². The van der Waals surface area contributed by atoms with Crippen LogP contribution in [-0.2, 0) is 0 Å². The van der Waals surface area contributed by atoms with Crippen molar-refractivity contribution in [3.05, 3.63) is 42.6 Å². The number of hydrogen-bond donors (Lipinski definition) is 2. The van der Waals surface area contributed by atoms with Gasteiger partial charge in [0.15, 0.2) is 0 Å². The molecular weight excluding hydrogens is 195 g/mol. The molecular formula is C9H9BN2O3. The Morgan fingerprint density at radius 1 is 1.13 bits per heavy atom. The molecule has 0 bridgehead atoms. The zero-order chi connectivity index (χ0) is 10.7. The molecule has 0 saturated heterocycles. The fourth-order valence-electron chi connectivity index (χ4n) is 1.23. The van der Waals surface area contributed by atoms with Crippen molar-refractivity contribution < 1.29 is 14.8 Å². The summed E-state index contributed by atoms with van der Waals surface area (Å²) in [6.07, 6.45) is 1.50. The highest BCUT2D eigenvalue weighted by molar-refractivity contribution is 6.32. The molecule has 0 unspecified atom stereocenters. The Bertz CT molecular complexity index is 430. The summed E-state index contributed by atoms with van der Waals surface area (Å²) in [6.45, 7) is 0. The molecule has 0 radical (unpaired) electrons. The van der Waals surface area contributed by atoms with Crippen molar-refractivity contribution >= 4 is 7.32 Å². The Morgan fingerprint density at radius 3 is 2.53 bits per heavy atom. The lowest BCUT2D eigenvalue weighted by atomic mass is 10.2. The van der Waals surface area contributed by atoms with E-state index in [-0.39, 0.29) is 0 Å². The summed E-state index contributed by atoms with van der Waals surface area (Å²) in [5.41, 5.74) is 1.64. The van der Waals surface area contributed by atoms with E-state index in [0.717, 1.165) is 10.4 Å². The van der Waals surface area contributed by atoms with Crippen LogP contribution in [0.25, 0.3) is 11.3 Å². The van der Waals surface area contributed by atoms with Gasteiger partial charge in [-0.3, -0.25) is 0 Å². The summed E-state index contributed by atoms with van der Waals surface area (Å²) in [5.74, 6) is 0. The summed E-state index contributed by atoms with van der Waals surface area (Å²) >= 11 is 0. The molecule has 0 amide bonds. The first-order valence-electron chi connectivity index (χ1n) is 4.40. The zero-order valence-corrected chi connectivity index (χ0v) is 7.82. The topological polar surface area (TPSA) is 67.5 Å². The third-order valence-electron chi connectivity index (χ3n) is 1.84. The second-order valence-corrected chi connectivity index (χ2v) is 2.90. The standard InChI is InChI=1S/C9H9BN2O3/c13-10(14)15-12-7-6-9(11-12)8-4-2-1-3-5-8/h1-7,13-14H. The van der Waals surface area contributed by atoms with Gasteiger partial charge in [-0.2, -0.15) is 0 Å².